The smallest absolute Gasteiger partial charge is 0.295 e. The third-order valence-electron chi connectivity index (χ3n) is 5.38. The van der Waals surface area contributed by atoms with E-state index in [1.807, 2.05) is 31.4 Å². The molecule has 1 N–H and O–H groups in total. The summed E-state index contributed by atoms with van der Waals surface area (Å²) in [6.45, 7) is 4.56. The molecule has 0 spiro atoms. The molecule has 2 aromatic carbocycles. The van der Waals surface area contributed by atoms with E-state index in [4.69, 9.17) is 16.3 Å². The molecule has 0 bridgehead atoms. The molecular formula is C25H22ClNO4S. The molecule has 1 fully saturated rings. The Bertz CT molecular complexity index is 1190. The zero-order valence-corrected chi connectivity index (χ0v) is 19.2. The number of aliphatic hydroxyl groups excluding tert-OH is 1. The lowest BCUT2D eigenvalue weighted by molar-refractivity contribution is -0.140. The maximum Gasteiger partial charge on any atom is 0.295 e. The minimum Gasteiger partial charge on any atom is -0.507 e. The largest absolute Gasteiger partial charge is 0.507 e. The van der Waals surface area contributed by atoms with Crippen LogP contribution in [0.15, 0.2) is 65.6 Å². The average Bonchev–Trinajstić information content (AvgIpc) is 3.38. The van der Waals surface area contributed by atoms with Gasteiger partial charge in [-0.1, -0.05) is 29.8 Å². The van der Waals surface area contributed by atoms with Gasteiger partial charge in [0, 0.05) is 15.5 Å². The molecule has 1 atom stereocenters. The topological polar surface area (TPSA) is 66.8 Å². The van der Waals surface area contributed by atoms with Gasteiger partial charge in [-0.2, -0.15) is 0 Å². The van der Waals surface area contributed by atoms with E-state index >= 15 is 0 Å². The van der Waals surface area contributed by atoms with E-state index in [9.17, 15) is 14.7 Å². The van der Waals surface area contributed by atoms with Crippen molar-refractivity contribution in [1.29, 1.82) is 0 Å². The Morgan fingerprint density at radius 2 is 1.91 bits per heavy atom. The van der Waals surface area contributed by atoms with E-state index in [-0.39, 0.29) is 17.9 Å². The summed E-state index contributed by atoms with van der Waals surface area (Å²) in [5.41, 5.74) is 2.05. The van der Waals surface area contributed by atoms with Crippen molar-refractivity contribution in [2.75, 3.05) is 6.61 Å². The van der Waals surface area contributed by atoms with Gasteiger partial charge in [0.1, 0.15) is 11.5 Å². The van der Waals surface area contributed by atoms with Crippen LogP contribution in [0.2, 0.25) is 5.02 Å². The van der Waals surface area contributed by atoms with Gasteiger partial charge in [0.15, 0.2) is 0 Å². The van der Waals surface area contributed by atoms with Gasteiger partial charge in [-0.3, -0.25) is 9.59 Å². The van der Waals surface area contributed by atoms with Crippen LogP contribution in [0.1, 0.15) is 34.5 Å². The summed E-state index contributed by atoms with van der Waals surface area (Å²) in [6.07, 6.45) is 0. The van der Waals surface area contributed by atoms with Crippen LogP contribution in [0.4, 0.5) is 0 Å². The van der Waals surface area contributed by atoms with Gasteiger partial charge in [0.25, 0.3) is 11.7 Å². The van der Waals surface area contributed by atoms with Crippen molar-refractivity contribution in [3.05, 3.63) is 92.1 Å². The maximum atomic E-state index is 13.1. The van der Waals surface area contributed by atoms with E-state index in [2.05, 4.69) is 0 Å². The Hall–Kier alpha value is -3.09. The molecule has 0 saturated carbocycles. The van der Waals surface area contributed by atoms with Gasteiger partial charge in [-0.05, 0) is 66.8 Å². The summed E-state index contributed by atoms with van der Waals surface area (Å²) < 4.78 is 5.57. The lowest BCUT2D eigenvalue weighted by Gasteiger charge is -2.25. The summed E-state index contributed by atoms with van der Waals surface area (Å²) in [4.78, 5) is 28.6. The molecule has 4 rings (SSSR count). The molecule has 1 unspecified atom stereocenters. The van der Waals surface area contributed by atoms with Gasteiger partial charge < -0.3 is 14.7 Å². The van der Waals surface area contributed by atoms with E-state index in [0.29, 0.717) is 28.5 Å². The number of nitrogens with zero attached hydrogens (tertiary/aromatic N) is 1. The molecule has 1 amide bonds. The predicted molar refractivity (Wildman–Crippen MR) is 126 cm³/mol. The third-order valence-corrected chi connectivity index (χ3v) is 6.49. The van der Waals surface area contributed by atoms with Crippen molar-refractivity contribution < 1.29 is 19.4 Å². The highest BCUT2D eigenvalue weighted by atomic mass is 35.5. The van der Waals surface area contributed by atoms with Gasteiger partial charge in [-0.15, -0.1) is 11.3 Å². The number of carbonyl (C=O) groups is 2. The van der Waals surface area contributed by atoms with Crippen LogP contribution in [0.25, 0.3) is 5.76 Å². The van der Waals surface area contributed by atoms with Crippen LogP contribution in [0, 0.1) is 6.92 Å². The molecule has 0 radical (unpaired) electrons. The zero-order valence-electron chi connectivity index (χ0n) is 17.7. The number of aryl methyl sites for hydroxylation is 1. The number of ketones is 1. The van der Waals surface area contributed by atoms with Crippen molar-refractivity contribution >= 4 is 40.4 Å². The highest BCUT2D eigenvalue weighted by Gasteiger charge is 2.46. The normalized spacial score (nSPS) is 17.7. The maximum absolute atomic E-state index is 13.1. The Balaban J connectivity index is 1.84. The first-order valence-electron chi connectivity index (χ1n) is 10.2. The molecule has 1 saturated heterocycles. The van der Waals surface area contributed by atoms with E-state index in [1.54, 1.807) is 42.5 Å². The first kappa shape index (κ1) is 22.1. The Labute approximate surface area is 195 Å². The molecule has 1 aliphatic rings. The number of hydrogen-bond donors (Lipinski definition) is 1. The molecule has 0 aliphatic carbocycles. The first-order chi connectivity index (χ1) is 15.4. The van der Waals surface area contributed by atoms with E-state index in [0.717, 1.165) is 10.4 Å². The van der Waals surface area contributed by atoms with E-state index in [1.165, 1.54) is 16.2 Å². The van der Waals surface area contributed by atoms with Gasteiger partial charge in [0.2, 0.25) is 0 Å². The average molecular weight is 468 g/mol. The van der Waals surface area contributed by atoms with Crippen molar-refractivity contribution in [3.63, 3.8) is 0 Å². The van der Waals surface area contributed by atoms with Gasteiger partial charge >= 0.3 is 0 Å². The number of ether oxygens (including phenoxy) is 1. The number of rotatable bonds is 6. The Morgan fingerprint density at radius 1 is 1.16 bits per heavy atom. The van der Waals surface area contributed by atoms with Crippen LogP contribution in [-0.4, -0.2) is 28.3 Å². The van der Waals surface area contributed by atoms with Gasteiger partial charge in [-0.25, -0.2) is 0 Å². The molecule has 2 heterocycles. The zero-order chi connectivity index (χ0) is 22.8. The molecular weight excluding hydrogens is 446 g/mol. The van der Waals surface area contributed by atoms with Crippen LogP contribution < -0.4 is 4.74 Å². The highest BCUT2D eigenvalue weighted by molar-refractivity contribution is 7.09. The molecule has 32 heavy (non-hydrogen) atoms. The monoisotopic (exact) mass is 467 g/mol. The summed E-state index contributed by atoms with van der Waals surface area (Å²) in [7, 11) is 0. The lowest BCUT2D eigenvalue weighted by Crippen LogP contribution is -2.28. The van der Waals surface area contributed by atoms with E-state index < -0.39 is 17.7 Å². The molecule has 164 valence electrons. The third kappa shape index (κ3) is 4.16. The number of Topliss-reactive ketones (excluding diaryl/α,β-unsaturated/α-hetero) is 1. The van der Waals surface area contributed by atoms with Crippen molar-refractivity contribution in [1.82, 2.24) is 4.90 Å². The Morgan fingerprint density at radius 3 is 2.53 bits per heavy atom. The second kappa shape index (κ2) is 9.18. The predicted octanol–water partition coefficient (Wildman–Crippen LogP) is 5.73. The van der Waals surface area contributed by atoms with Crippen LogP contribution >= 0.6 is 22.9 Å². The number of amides is 1. The second-order valence-corrected chi connectivity index (χ2v) is 8.94. The van der Waals surface area contributed by atoms with Gasteiger partial charge in [0.05, 0.1) is 24.8 Å². The van der Waals surface area contributed by atoms with Crippen LogP contribution in [0.3, 0.4) is 0 Å². The molecule has 3 aromatic rings. The van der Waals surface area contributed by atoms with Crippen LogP contribution in [0.5, 0.6) is 5.75 Å². The van der Waals surface area contributed by atoms with Crippen molar-refractivity contribution in [2.45, 2.75) is 26.4 Å². The fourth-order valence-corrected chi connectivity index (χ4v) is 4.70. The molecule has 1 aromatic heterocycles. The summed E-state index contributed by atoms with van der Waals surface area (Å²) in [6, 6.07) is 15.3. The summed E-state index contributed by atoms with van der Waals surface area (Å²) >= 11 is 7.57. The standard InChI is InChI=1S/C25H22ClNO4S/c1-3-31-20-11-8-17(13-15(20)2)23(28)21-22(16-6-9-18(26)10-7-16)27(25(30)24(21)29)14-19-5-4-12-32-19/h4-13,22,28H,3,14H2,1-2H3/b23-21-. The number of benzene rings is 2. The number of likely N-dealkylation sites (tertiary alicyclic amines) is 1. The number of hydrogen-bond acceptors (Lipinski definition) is 5. The minimum absolute atomic E-state index is 0.0671. The molecule has 7 heteroatoms. The van der Waals surface area contributed by atoms with Crippen LogP contribution in [-0.2, 0) is 16.1 Å². The fourth-order valence-electron chi connectivity index (χ4n) is 3.87. The first-order valence-corrected chi connectivity index (χ1v) is 11.5. The highest BCUT2D eigenvalue weighted by Crippen LogP contribution is 2.41. The molecule has 1 aliphatic heterocycles. The fraction of sp³-hybridized carbons (Fsp3) is 0.200. The van der Waals surface area contributed by atoms with Crippen molar-refractivity contribution in [3.8, 4) is 5.75 Å². The Kier molecular flexibility index (Phi) is 6.35. The number of aliphatic hydroxyl groups is 1. The summed E-state index contributed by atoms with van der Waals surface area (Å²) in [5, 5.41) is 13.7. The SMILES string of the molecule is CCOc1ccc(/C(O)=C2/C(=O)C(=O)N(Cc3cccs3)C2c2ccc(Cl)cc2)cc1C. The molecule has 5 nitrogen and oxygen atoms in total. The number of halogens is 1. The number of carbonyl (C=O) groups excluding carboxylic acids is 2. The number of thiophene rings is 1. The summed E-state index contributed by atoms with van der Waals surface area (Å²) in [5.74, 6) is -0.840. The lowest BCUT2D eigenvalue weighted by atomic mass is 9.95. The second-order valence-electron chi connectivity index (χ2n) is 7.47. The minimum atomic E-state index is -0.721. The van der Waals surface area contributed by atoms with Crippen molar-refractivity contribution in [2.24, 2.45) is 0 Å². The quantitative estimate of drug-likeness (QED) is 0.285.